The van der Waals surface area contributed by atoms with Gasteiger partial charge in [-0.05, 0) is 6.92 Å². The van der Waals surface area contributed by atoms with Crippen molar-refractivity contribution in [2.75, 3.05) is 13.1 Å². The Morgan fingerprint density at radius 1 is 1.64 bits per heavy atom. The molecule has 0 bridgehead atoms. The van der Waals surface area contributed by atoms with Crippen LogP contribution >= 0.6 is 11.3 Å². The Labute approximate surface area is 83.4 Å². The molecule has 2 rings (SSSR count). The largest absolute Gasteiger partial charge is 0.325 e. The summed E-state index contributed by atoms with van der Waals surface area (Å²) in [5.74, 6) is -3.11. The molecule has 6 heteroatoms. The van der Waals surface area contributed by atoms with Crippen LogP contribution in [0.5, 0.6) is 0 Å². The van der Waals surface area contributed by atoms with Crippen molar-refractivity contribution in [3.05, 3.63) is 16.1 Å². The zero-order chi connectivity index (χ0) is 10.3. The second-order valence-corrected chi connectivity index (χ2v) is 4.33. The summed E-state index contributed by atoms with van der Waals surface area (Å²) >= 11 is 1.34. The molecule has 1 saturated heterocycles. The van der Waals surface area contributed by atoms with Crippen molar-refractivity contribution in [1.29, 1.82) is 0 Å². The van der Waals surface area contributed by atoms with Gasteiger partial charge >= 0.3 is 0 Å². The van der Waals surface area contributed by atoms with Gasteiger partial charge in [0.1, 0.15) is 5.69 Å². The van der Waals surface area contributed by atoms with Gasteiger partial charge in [-0.25, -0.2) is 13.8 Å². The van der Waals surface area contributed by atoms with E-state index in [1.165, 1.54) is 11.3 Å². The lowest BCUT2D eigenvalue weighted by molar-refractivity contribution is -0.113. The van der Waals surface area contributed by atoms with Gasteiger partial charge in [0.15, 0.2) is 0 Å². The Morgan fingerprint density at radius 3 is 2.71 bits per heavy atom. The number of aryl methyl sites for hydroxylation is 1. The number of nitrogens with zero attached hydrogens (tertiary/aromatic N) is 2. The molecule has 0 aromatic carbocycles. The molecule has 76 valence electrons. The number of amides is 1. The summed E-state index contributed by atoms with van der Waals surface area (Å²) in [7, 11) is 0. The minimum Gasteiger partial charge on any atom is -0.325 e. The van der Waals surface area contributed by atoms with Gasteiger partial charge in [0.05, 0.1) is 18.1 Å². The number of carbonyl (C=O) groups is 1. The van der Waals surface area contributed by atoms with Crippen molar-refractivity contribution in [2.24, 2.45) is 0 Å². The van der Waals surface area contributed by atoms with E-state index in [0.717, 1.165) is 9.91 Å². The minimum absolute atomic E-state index is 0.267. The van der Waals surface area contributed by atoms with Crippen molar-refractivity contribution >= 4 is 17.2 Å². The molecular formula is C8H8F2N2OS. The molecule has 0 saturated carbocycles. The van der Waals surface area contributed by atoms with E-state index in [0.29, 0.717) is 0 Å². The molecule has 0 atom stereocenters. The molecule has 0 unspecified atom stereocenters. The molecule has 14 heavy (non-hydrogen) atoms. The fourth-order valence-corrected chi connectivity index (χ4v) is 1.87. The van der Waals surface area contributed by atoms with E-state index in [4.69, 9.17) is 0 Å². The first-order valence-electron chi connectivity index (χ1n) is 4.07. The summed E-state index contributed by atoms with van der Waals surface area (Å²) < 4.78 is 24.9. The third-order valence-corrected chi connectivity index (χ3v) is 2.74. The highest BCUT2D eigenvalue weighted by molar-refractivity contribution is 7.09. The minimum atomic E-state index is -2.71. The van der Waals surface area contributed by atoms with Gasteiger partial charge in [0.25, 0.3) is 11.8 Å². The Balaban J connectivity index is 2.04. The van der Waals surface area contributed by atoms with Crippen LogP contribution in [0.2, 0.25) is 0 Å². The predicted molar refractivity (Wildman–Crippen MR) is 47.7 cm³/mol. The maximum Gasteiger partial charge on any atom is 0.282 e. The number of halogens is 2. The van der Waals surface area contributed by atoms with E-state index in [9.17, 15) is 13.6 Å². The molecule has 0 spiro atoms. The van der Waals surface area contributed by atoms with Crippen LogP contribution in [0.25, 0.3) is 0 Å². The van der Waals surface area contributed by atoms with E-state index in [-0.39, 0.29) is 5.69 Å². The summed E-state index contributed by atoms with van der Waals surface area (Å²) in [6.45, 7) is 0.803. The number of aromatic nitrogens is 1. The highest BCUT2D eigenvalue weighted by Gasteiger charge is 2.46. The highest BCUT2D eigenvalue weighted by atomic mass is 32.1. The van der Waals surface area contributed by atoms with Crippen LogP contribution in [0.4, 0.5) is 8.78 Å². The molecule has 1 fully saturated rings. The lowest BCUT2D eigenvalue weighted by atomic mass is 10.1. The Hall–Kier alpha value is -1.04. The number of hydrogen-bond acceptors (Lipinski definition) is 3. The van der Waals surface area contributed by atoms with Gasteiger partial charge in [-0.1, -0.05) is 0 Å². The third kappa shape index (κ3) is 1.61. The first-order valence-corrected chi connectivity index (χ1v) is 4.95. The van der Waals surface area contributed by atoms with Crippen LogP contribution in [0.15, 0.2) is 5.38 Å². The van der Waals surface area contributed by atoms with Gasteiger partial charge in [-0.15, -0.1) is 11.3 Å². The van der Waals surface area contributed by atoms with E-state index >= 15 is 0 Å². The fraction of sp³-hybridized carbons (Fsp3) is 0.500. The van der Waals surface area contributed by atoms with Crippen LogP contribution in [0.3, 0.4) is 0 Å². The summed E-state index contributed by atoms with van der Waals surface area (Å²) in [4.78, 5) is 16.5. The Morgan fingerprint density at radius 2 is 2.29 bits per heavy atom. The second-order valence-electron chi connectivity index (χ2n) is 3.27. The maximum absolute atomic E-state index is 12.5. The third-order valence-electron chi connectivity index (χ3n) is 1.97. The second kappa shape index (κ2) is 2.98. The molecule has 1 aromatic heterocycles. The molecule has 0 aliphatic carbocycles. The Bertz CT molecular complexity index is 369. The van der Waals surface area contributed by atoms with Crippen molar-refractivity contribution < 1.29 is 13.6 Å². The molecule has 0 radical (unpaired) electrons. The lowest BCUT2D eigenvalue weighted by Crippen LogP contribution is -2.58. The molecule has 1 aromatic rings. The van der Waals surface area contributed by atoms with Crippen molar-refractivity contribution in [3.63, 3.8) is 0 Å². The monoisotopic (exact) mass is 218 g/mol. The van der Waals surface area contributed by atoms with Crippen LogP contribution in [-0.4, -0.2) is 34.8 Å². The standard InChI is InChI=1S/C8H8F2N2OS/c1-5-11-6(2-14-5)7(13)12-3-8(9,10)4-12/h2H,3-4H2,1H3. The molecular weight excluding hydrogens is 210 g/mol. The molecule has 0 N–H and O–H groups in total. The quantitative estimate of drug-likeness (QED) is 0.716. The molecule has 2 heterocycles. The van der Waals surface area contributed by atoms with E-state index in [1.54, 1.807) is 12.3 Å². The van der Waals surface area contributed by atoms with Gasteiger partial charge in [-0.3, -0.25) is 4.79 Å². The number of hydrogen-bond donors (Lipinski definition) is 0. The van der Waals surface area contributed by atoms with Gasteiger partial charge in [0, 0.05) is 5.38 Å². The smallest absolute Gasteiger partial charge is 0.282 e. The normalized spacial score (nSPS) is 19.2. The van der Waals surface area contributed by atoms with Crippen LogP contribution in [0.1, 0.15) is 15.5 Å². The zero-order valence-corrected chi connectivity index (χ0v) is 8.27. The van der Waals surface area contributed by atoms with Crippen molar-refractivity contribution in [2.45, 2.75) is 12.8 Å². The molecule has 3 nitrogen and oxygen atoms in total. The van der Waals surface area contributed by atoms with Crippen molar-refractivity contribution in [3.8, 4) is 0 Å². The molecule has 1 amide bonds. The molecule has 1 aliphatic rings. The van der Waals surface area contributed by atoms with E-state index < -0.39 is 24.9 Å². The van der Waals surface area contributed by atoms with Gasteiger partial charge < -0.3 is 4.90 Å². The van der Waals surface area contributed by atoms with Crippen LogP contribution in [0, 0.1) is 6.92 Å². The summed E-state index contributed by atoms with van der Waals surface area (Å²) in [6.07, 6.45) is 0. The summed E-state index contributed by atoms with van der Waals surface area (Å²) in [6, 6.07) is 0. The highest BCUT2D eigenvalue weighted by Crippen LogP contribution is 2.28. The fourth-order valence-electron chi connectivity index (χ4n) is 1.28. The zero-order valence-electron chi connectivity index (χ0n) is 7.46. The predicted octanol–water partition coefficient (Wildman–Crippen LogP) is 1.54. The average Bonchev–Trinajstić information content (AvgIpc) is 2.46. The van der Waals surface area contributed by atoms with Crippen LogP contribution in [-0.2, 0) is 0 Å². The Kier molecular flexibility index (Phi) is 2.02. The summed E-state index contributed by atoms with van der Waals surface area (Å²) in [5.41, 5.74) is 0.267. The molecule has 1 aliphatic heterocycles. The first kappa shape index (κ1) is 9.51. The number of likely N-dealkylation sites (tertiary alicyclic amines) is 1. The first-order chi connectivity index (χ1) is 6.48. The van der Waals surface area contributed by atoms with Gasteiger partial charge in [-0.2, -0.15) is 0 Å². The van der Waals surface area contributed by atoms with Gasteiger partial charge in [0.2, 0.25) is 0 Å². The van der Waals surface area contributed by atoms with E-state index in [1.807, 2.05) is 0 Å². The number of carbonyl (C=O) groups excluding carboxylic acids is 1. The maximum atomic E-state index is 12.5. The summed E-state index contributed by atoms with van der Waals surface area (Å²) in [5, 5.41) is 2.36. The average molecular weight is 218 g/mol. The topological polar surface area (TPSA) is 33.2 Å². The SMILES string of the molecule is Cc1nc(C(=O)N2CC(F)(F)C2)cs1. The number of alkyl halides is 2. The van der Waals surface area contributed by atoms with E-state index in [2.05, 4.69) is 4.98 Å². The lowest BCUT2D eigenvalue weighted by Gasteiger charge is -2.38. The van der Waals surface area contributed by atoms with Crippen LogP contribution < -0.4 is 0 Å². The number of rotatable bonds is 1. The number of thiazole rings is 1. The van der Waals surface area contributed by atoms with Crippen molar-refractivity contribution in [1.82, 2.24) is 9.88 Å².